The predicted octanol–water partition coefficient (Wildman–Crippen LogP) is 3.53. The van der Waals surface area contributed by atoms with Crippen molar-refractivity contribution in [1.82, 2.24) is 4.90 Å². The fourth-order valence-corrected chi connectivity index (χ4v) is 5.72. The van der Waals surface area contributed by atoms with Crippen molar-refractivity contribution in [2.45, 2.75) is 25.9 Å². The van der Waals surface area contributed by atoms with Gasteiger partial charge < -0.3 is 15.0 Å². The van der Waals surface area contributed by atoms with E-state index in [4.69, 9.17) is 17.0 Å². The van der Waals surface area contributed by atoms with Gasteiger partial charge in [-0.05, 0) is 61.3 Å². The van der Waals surface area contributed by atoms with Gasteiger partial charge in [-0.25, -0.2) is 8.42 Å². The first-order valence-corrected chi connectivity index (χ1v) is 11.6. The Balaban J connectivity index is 1.73. The molecule has 0 bridgehead atoms. The van der Waals surface area contributed by atoms with Gasteiger partial charge in [0.15, 0.2) is 14.9 Å². The lowest BCUT2D eigenvalue weighted by atomic mass is 10.2. The van der Waals surface area contributed by atoms with Crippen LogP contribution in [0.15, 0.2) is 41.8 Å². The zero-order valence-corrected chi connectivity index (χ0v) is 17.0. The van der Waals surface area contributed by atoms with Crippen LogP contribution in [0, 0.1) is 0 Å². The summed E-state index contributed by atoms with van der Waals surface area (Å²) in [4.78, 5) is 3.16. The first-order chi connectivity index (χ1) is 12.5. The highest BCUT2D eigenvalue weighted by molar-refractivity contribution is 7.91. The zero-order valence-electron chi connectivity index (χ0n) is 14.6. The lowest BCUT2D eigenvalue weighted by Gasteiger charge is -2.30. The van der Waals surface area contributed by atoms with Crippen LogP contribution in [-0.4, -0.2) is 42.6 Å². The number of ether oxygens (including phenoxy) is 1. The van der Waals surface area contributed by atoms with Gasteiger partial charge >= 0.3 is 0 Å². The van der Waals surface area contributed by atoms with Gasteiger partial charge in [-0.3, -0.25) is 0 Å². The summed E-state index contributed by atoms with van der Waals surface area (Å²) >= 11 is 7.27. The van der Waals surface area contributed by atoms with E-state index in [0.717, 1.165) is 16.3 Å². The number of thiophene rings is 1. The Labute approximate surface area is 163 Å². The average Bonchev–Trinajstić information content (AvgIpc) is 3.23. The lowest BCUT2D eigenvalue weighted by Crippen LogP contribution is -2.42. The van der Waals surface area contributed by atoms with Crippen LogP contribution in [0.5, 0.6) is 5.75 Å². The van der Waals surface area contributed by atoms with Gasteiger partial charge in [-0.2, -0.15) is 0 Å². The third-order valence-corrected chi connectivity index (χ3v) is 7.18. The summed E-state index contributed by atoms with van der Waals surface area (Å²) in [7, 11) is -2.98. The van der Waals surface area contributed by atoms with E-state index in [1.165, 1.54) is 0 Å². The molecule has 1 fully saturated rings. The number of thiocarbonyl (C=S) groups is 1. The van der Waals surface area contributed by atoms with E-state index in [1.807, 2.05) is 53.6 Å². The first kappa shape index (κ1) is 19.1. The lowest BCUT2D eigenvalue weighted by molar-refractivity contribution is 0.335. The van der Waals surface area contributed by atoms with Crippen LogP contribution in [0.25, 0.3) is 0 Å². The summed E-state index contributed by atoms with van der Waals surface area (Å²) in [5.41, 5.74) is 0.857. The van der Waals surface area contributed by atoms with E-state index in [2.05, 4.69) is 5.32 Å². The maximum atomic E-state index is 11.9. The molecule has 0 unspecified atom stereocenters. The highest BCUT2D eigenvalue weighted by Gasteiger charge is 2.33. The molecule has 1 saturated heterocycles. The molecule has 1 aliphatic heterocycles. The molecule has 0 amide bonds. The Morgan fingerprint density at radius 3 is 2.69 bits per heavy atom. The molecule has 0 radical (unpaired) electrons. The zero-order chi connectivity index (χ0) is 18.6. The Bertz CT molecular complexity index is 833. The number of hydrogen-bond donors (Lipinski definition) is 1. The maximum absolute atomic E-state index is 11.9. The Morgan fingerprint density at radius 1 is 1.35 bits per heavy atom. The van der Waals surface area contributed by atoms with Crippen LogP contribution in [0.2, 0.25) is 0 Å². The fraction of sp³-hybridized carbons (Fsp3) is 0.389. The van der Waals surface area contributed by atoms with E-state index in [-0.39, 0.29) is 17.5 Å². The van der Waals surface area contributed by atoms with Crippen LogP contribution in [0.3, 0.4) is 0 Å². The number of rotatable bonds is 6. The van der Waals surface area contributed by atoms with Crippen molar-refractivity contribution in [3.63, 3.8) is 0 Å². The molecule has 140 valence electrons. The smallest absolute Gasteiger partial charge is 0.174 e. The molecule has 26 heavy (non-hydrogen) atoms. The fourth-order valence-electron chi connectivity index (χ4n) is 2.95. The Kier molecular flexibility index (Phi) is 6.16. The number of hydrogen-bond acceptors (Lipinski definition) is 5. The van der Waals surface area contributed by atoms with E-state index in [1.54, 1.807) is 11.3 Å². The Hall–Kier alpha value is -1.64. The molecule has 1 aliphatic rings. The minimum atomic E-state index is -2.98. The molecule has 3 rings (SSSR count). The molecule has 1 aromatic carbocycles. The van der Waals surface area contributed by atoms with Crippen molar-refractivity contribution in [2.24, 2.45) is 0 Å². The highest BCUT2D eigenvalue weighted by atomic mass is 32.2. The molecule has 2 aromatic rings. The number of sulfone groups is 1. The largest absolute Gasteiger partial charge is 0.494 e. The van der Waals surface area contributed by atoms with Gasteiger partial charge in [0.25, 0.3) is 0 Å². The minimum absolute atomic E-state index is 0.0928. The van der Waals surface area contributed by atoms with Crippen LogP contribution in [0.4, 0.5) is 5.69 Å². The summed E-state index contributed by atoms with van der Waals surface area (Å²) in [5, 5.41) is 5.80. The number of anilines is 1. The first-order valence-electron chi connectivity index (χ1n) is 8.50. The van der Waals surface area contributed by atoms with Crippen molar-refractivity contribution < 1.29 is 13.2 Å². The molecular weight excluding hydrogens is 388 g/mol. The van der Waals surface area contributed by atoms with Gasteiger partial charge in [0.2, 0.25) is 0 Å². The van der Waals surface area contributed by atoms with Crippen molar-refractivity contribution >= 4 is 44.2 Å². The van der Waals surface area contributed by atoms with Crippen LogP contribution in [-0.2, 0) is 16.4 Å². The van der Waals surface area contributed by atoms with Crippen molar-refractivity contribution in [3.05, 3.63) is 46.7 Å². The summed E-state index contributed by atoms with van der Waals surface area (Å²) in [5.74, 6) is 1.19. The second-order valence-electron chi connectivity index (χ2n) is 6.15. The standard InChI is InChI=1S/C18H22N2O3S3/c1-2-23-16-7-5-14(6-8-16)19-18(24)20(12-17-4-3-10-25-17)15-9-11-26(21,22)13-15/h3-8,10,15H,2,9,11-13H2,1H3,(H,19,24)/t15-/m1/s1. The van der Waals surface area contributed by atoms with Gasteiger partial charge in [-0.1, -0.05) is 6.07 Å². The van der Waals surface area contributed by atoms with Crippen LogP contribution in [0.1, 0.15) is 18.2 Å². The molecule has 5 nitrogen and oxygen atoms in total. The minimum Gasteiger partial charge on any atom is -0.494 e. The van der Waals surface area contributed by atoms with E-state index in [0.29, 0.717) is 24.7 Å². The molecule has 0 spiro atoms. The molecule has 0 aliphatic carbocycles. The number of benzene rings is 1. The SMILES string of the molecule is CCOc1ccc(NC(=S)N(Cc2cccs2)[C@@H]2CCS(=O)(=O)C2)cc1. The normalized spacial score (nSPS) is 18.4. The summed E-state index contributed by atoms with van der Waals surface area (Å²) in [6, 6.07) is 11.5. The van der Waals surface area contributed by atoms with E-state index < -0.39 is 9.84 Å². The summed E-state index contributed by atoms with van der Waals surface area (Å²) in [6.07, 6.45) is 0.610. The van der Waals surface area contributed by atoms with Gasteiger partial charge in [0.05, 0.1) is 24.7 Å². The van der Waals surface area contributed by atoms with Gasteiger partial charge in [-0.15, -0.1) is 11.3 Å². The van der Waals surface area contributed by atoms with E-state index in [9.17, 15) is 8.42 Å². The Morgan fingerprint density at radius 2 is 2.12 bits per heavy atom. The van der Waals surface area contributed by atoms with E-state index >= 15 is 0 Å². The summed E-state index contributed by atoms with van der Waals surface area (Å²) < 4.78 is 29.3. The van der Waals surface area contributed by atoms with Gasteiger partial charge in [0, 0.05) is 16.6 Å². The second kappa shape index (κ2) is 8.37. The molecule has 0 saturated carbocycles. The van der Waals surface area contributed by atoms with Crippen LogP contribution < -0.4 is 10.1 Å². The third kappa shape index (κ3) is 4.96. The monoisotopic (exact) mass is 410 g/mol. The molecule has 1 N–H and O–H groups in total. The molecular formula is C18H22N2O3S3. The highest BCUT2D eigenvalue weighted by Crippen LogP contribution is 2.23. The quantitative estimate of drug-likeness (QED) is 0.735. The predicted molar refractivity (Wildman–Crippen MR) is 111 cm³/mol. The van der Waals surface area contributed by atoms with Crippen molar-refractivity contribution in [1.29, 1.82) is 0 Å². The third-order valence-electron chi connectivity index (χ3n) is 4.23. The molecule has 2 heterocycles. The van der Waals surface area contributed by atoms with Crippen molar-refractivity contribution in [2.75, 3.05) is 23.4 Å². The number of nitrogens with zero attached hydrogens (tertiary/aromatic N) is 1. The van der Waals surface area contributed by atoms with Crippen molar-refractivity contribution in [3.8, 4) is 5.75 Å². The molecule has 8 heteroatoms. The van der Waals surface area contributed by atoms with Gasteiger partial charge in [0.1, 0.15) is 5.75 Å². The summed E-state index contributed by atoms with van der Waals surface area (Å²) in [6.45, 7) is 3.18. The van der Waals surface area contributed by atoms with Crippen LogP contribution >= 0.6 is 23.6 Å². The molecule has 1 aromatic heterocycles. The topological polar surface area (TPSA) is 58.6 Å². The average molecular weight is 411 g/mol. The number of nitrogens with one attached hydrogen (secondary N) is 1. The maximum Gasteiger partial charge on any atom is 0.174 e. The second-order valence-corrected chi connectivity index (χ2v) is 9.80. The molecule has 1 atom stereocenters.